The molecule has 33 heavy (non-hydrogen) atoms. The Kier molecular flexibility index (Phi) is 6.74. The van der Waals surface area contributed by atoms with Crippen LogP contribution in [0.2, 0.25) is 0 Å². The van der Waals surface area contributed by atoms with Crippen molar-refractivity contribution in [2.75, 3.05) is 12.4 Å². The van der Waals surface area contributed by atoms with Crippen molar-refractivity contribution >= 4 is 28.6 Å². The van der Waals surface area contributed by atoms with Crippen molar-refractivity contribution in [2.45, 2.75) is 43.8 Å². The number of hydrogen-bond donors (Lipinski definition) is 3. The third-order valence-corrected chi connectivity index (χ3v) is 6.35. The number of carbonyl (C=O) groups is 2. The molecule has 2 fully saturated rings. The second kappa shape index (κ2) is 9.87. The summed E-state index contributed by atoms with van der Waals surface area (Å²) in [7, 11) is 2.28. The second-order valence-corrected chi connectivity index (χ2v) is 8.48. The Bertz CT molecular complexity index is 1120. The van der Waals surface area contributed by atoms with Crippen LogP contribution in [0, 0.1) is 0 Å². The molecule has 2 aromatic heterocycles. The van der Waals surface area contributed by atoms with E-state index < -0.39 is 11.9 Å². The fourth-order valence-corrected chi connectivity index (χ4v) is 4.68. The summed E-state index contributed by atoms with van der Waals surface area (Å²) in [6.07, 6.45) is 10.0. The number of benzene rings is 1. The number of aliphatic carboxylic acids is 2. The number of pyridine rings is 1. The van der Waals surface area contributed by atoms with Gasteiger partial charge in [-0.25, -0.2) is 9.59 Å². The number of hydrogen-bond acceptors (Lipinski definition) is 6. The quantitative estimate of drug-likeness (QED) is 0.495. The van der Waals surface area contributed by atoms with Crippen LogP contribution in [0.15, 0.2) is 65.4 Å². The molecular formula is C25H27N3O5. The average Bonchev–Trinajstić information content (AvgIpc) is 3.33. The lowest BCUT2D eigenvalue weighted by molar-refractivity contribution is -0.134. The van der Waals surface area contributed by atoms with E-state index in [1.165, 1.54) is 25.7 Å². The van der Waals surface area contributed by atoms with Gasteiger partial charge >= 0.3 is 11.9 Å². The summed E-state index contributed by atoms with van der Waals surface area (Å²) in [4.78, 5) is 26.4. The summed E-state index contributed by atoms with van der Waals surface area (Å²) in [6.45, 7) is 0. The van der Waals surface area contributed by atoms with Crippen molar-refractivity contribution in [3.63, 3.8) is 0 Å². The lowest BCUT2D eigenvalue weighted by Gasteiger charge is -2.37. The van der Waals surface area contributed by atoms with Gasteiger partial charge in [0, 0.05) is 41.2 Å². The number of rotatable bonds is 5. The normalized spacial score (nSPS) is 22.2. The van der Waals surface area contributed by atoms with Crippen LogP contribution in [-0.4, -0.2) is 57.2 Å². The zero-order valence-electron chi connectivity index (χ0n) is 18.3. The number of piperidine rings is 1. The fourth-order valence-electron chi connectivity index (χ4n) is 4.68. The van der Waals surface area contributed by atoms with Crippen LogP contribution < -0.4 is 5.32 Å². The summed E-state index contributed by atoms with van der Waals surface area (Å²) in [5.74, 6) is -2.51. The van der Waals surface area contributed by atoms with Crippen LogP contribution in [0.4, 0.5) is 5.69 Å². The Hall–Kier alpha value is -3.65. The molecule has 1 aromatic carbocycles. The smallest absolute Gasteiger partial charge is 0.328 e. The molecule has 2 bridgehead atoms. The Labute approximate surface area is 191 Å². The van der Waals surface area contributed by atoms with Gasteiger partial charge in [-0.05, 0) is 69.1 Å². The van der Waals surface area contributed by atoms with Crippen molar-refractivity contribution in [1.82, 2.24) is 9.88 Å². The lowest BCUT2D eigenvalue weighted by atomic mass is 9.98. The van der Waals surface area contributed by atoms with Crippen LogP contribution in [-0.2, 0) is 9.59 Å². The highest BCUT2D eigenvalue weighted by Gasteiger charge is 2.38. The maximum Gasteiger partial charge on any atom is 0.328 e. The molecule has 3 aromatic rings. The van der Waals surface area contributed by atoms with Gasteiger partial charge in [0.2, 0.25) is 0 Å². The number of anilines is 1. The highest BCUT2D eigenvalue weighted by molar-refractivity contribution is 5.89. The van der Waals surface area contributed by atoms with E-state index in [-0.39, 0.29) is 0 Å². The number of nitrogens with zero attached hydrogens (tertiary/aromatic N) is 2. The number of aromatic nitrogens is 1. The van der Waals surface area contributed by atoms with E-state index in [4.69, 9.17) is 14.6 Å². The molecule has 2 unspecified atom stereocenters. The zero-order valence-corrected chi connectivity index (χ0v) is 18.3. The highest BCUT2D eigenvalue weighted by Crippen LogP contribution is 2.35. The Morgan fingerprint density at radius 3 is 2.36 bits per heavy atom. The number of carboxylic acid groups (broad SMARTS) is 2. The molecule has 3 N–H and O–H groups in total. The minimum absolute atomic E-state index is 0.558. The van der Waals surface area contributed by atoms with E-state index in [0.29, 0.717) is 18.2 Å². The predicted octanol–water partition coefficient (Wildman–Crippen LogP) is 4.24. The van der Waals surface area contributed by atoms with Gasteiger partial charge in [0.25, 0.3) is 0 Å². The average molecular weight is 450 g/mol. The summed E-state index contributed by atoms with van der Waals surface area (Å²) in [5, 5.41) is 20.4. The minimum atomic E-state index is -1.26. The molecule has 0 saturated carbocycles. The van der Waals surface area contributed by atoms with Gasteiger partial charge in [-0.3, -0.25) is 4.98 Å². The van der Waals surface area contributed by atoms with Gasteiger partial charge < -0.3 is 24.8 Å². The van der Waals surface area contributed by atoms with Crippen LogP contribution >= 0.6 is 0 Å². The molecule has 0 radical (unpaired) electrons. The molecule has 2 aliphatic heterocycles. The fraction of sp³-hybridized carbons (Fsp3) is 0.320. The Morgan fingerprint density at radius 1 is 1.06 bits per heavy atom. The van der Waals surface area contributed by atoms with Crippen molar-refractivity contribution in [1.29, 1.82) is 0 Å². The topological polar surface area (TPSA) is 116 Å². The lowest BCUT2D eigenvalue weighted by Crippen LogP contribution is -2.44. The first-order chi connectivity index (χ1) is 15.9. The maximum absolute atomic E-state index is 9.55. The van der Waals surface area contributed by atoms with Gasteiger partial charge in [0.1, 0.15) is 5.58 Å². The molecule has 2 saturated heterocycles. The van der Waals surface area contributed by atoms with Crippen molar-refractivity contribution in [2.24, 2.45) is 0 Å². The molecule has 8 heteroatoms. The summed E-state index contributed by atoms with van der Waals surface area (Å²) < 4.78 is 5.41. The number of fused-ring (bicyclic) bond motifs is 3. The molecule has 2 atom stereocenters. The first kappa shape index (κ1) is 22.5. The van der Waals surface area contributed by atoms with Crippen LogP contribution in [0.3, 0.4) is 0 Å². The van der Waals surface area contributed by atoms with E-state index in [0.717, 1.165) is 40.0 Å². The molecule has 172 valence electrons. The van der Waals surface area contributed by atoms with Gasteiger partial charge in [-0.1, -0.05) is 0 Å². The van der Waals surface area contributed by atoms with Crippen molar-refractivity contribution < 1.29 is 24.2 Å². The molecule has 0 amide bonds. The van der Waals surface area contributed by atoms with Crippen LogP contribution in [0.25, 0.3) is 22.2 Å². The van der Waals surface area contributed by atoms with Crippen molar-refractivity contribution in [3.8, 4) is 11.3 Å². The van der Waals surface area contributed by atoms with Gasteiger partial charge in [0.15, 0.2) is 0 Å². The molecule has 0 spiro atoms. The third-order valence-electron chi connectivity index (χ3n) is 6.35. The molecule has 2 aliphatic rings. The Balaban J connectivity index is 0.000000281. The summed E-state index contributed by atoms with van der Waals surface area (Å²) in [5.41, 5.74) is 4.16. The SMILES string of the molecule is CN1C2CCC1CC(Nc1ccc(-c3ccc4occc4c3)nc1)C2.O=C(O)/C=C/C(=O)O. The number of furan rings is 1. The van der Waals surface area contributed by atoms with E-state index in [9.17, 15) is 9.59 Å². The van der Waals surface area contributed by atoms with Crippen LogP contribution in [0.1, 0.15) is 25.7 Å². The van der Waals surface area contributed by atoms with Crippen molar-refractivity contribution in [3.05, 3.63) is 61.0 Å². The predicted molar refractivity (Wildman–Crippen MR) is 125 cm³/mol. The van der Waals surface area contributed by atoms with E-state index in [1.54, 1.807) is 6.26 Å². The number of carboxylic acids is 2. The monoisotopic (exact) mass is 449 g/mol. The summed E-state index contributed by atoms with van der Waals surface area (Å²) in [6, 6.07) is 14.5. The first-order valence-corrected chi connectivity index (χ1v) is 10.9. The van der Waals surface area contributed by atoms with E-state index in [2.05, 4.69) is 46.5 Å². The van der Waals surface area contributed by atoms with Gasteiger partial charge in [-0.15, -0.1) is 0 Å². The molecule has 0 aliphatic carbocycles. The maximum atomic E-state index is 9.55. The third kappa shape index (κ3) is 5.59. The highest BCUT2D eigenvalue weighted by atomic mass is 16.4. The molecular weight excluding hydrogens is 422 g/mol. The van der Waals surface area contributed by atoms with Gasteiger partial charge in [0.05, 0.1) is 23.8 Å². The molecule has 8 nitrogen and oxygen atoms in total. The minimum Gasteiger partial charge on any atom is -0.478 e. The standard InChI is InChI=1S/C21H23N3O.C4H4O4/c1-24-18-4-5-19(24)12-17(11-18)23-16-3-6-20(22-13-16)14-2-7-21-15(10-14)8-9-25-21;5-3(6)1-2-4(7)8/h2-3,6-10,13,17-19,23H,4-5,11-12H2,1H3;1-2H,(H,5,6)(H,7,8)/b;2-1+. The molecule has 5 rings (SSSR count). The molecule has 4 heterocycles. The van der Waals surface area contributed by atoms with Crippen LogP contribution in [0.5, 0.6) is 0 Å². The first-order valence-electron chi connectivity index (χ1n) is 10.9. The largest absolute Gasteiger partial charge is 0.478 e. The summed E-state index contributed by atoms with van der Waals surface area (Å²) >= 11 is 0. The number of nitrogens with one attached hydrogen (secondary N) is 1. The van der Waals surface area contributed by atoms with E-state index in [1.807, 2.05) is 18.3 Å². The zero-order chi connectivity index (χ0) is 23.4. The Morgan fingerprint density at radius 2 is 1.76 bits per heavy atom. The van der Waals surface area contributed by atoms with E-state index >= 15 is 0 Å². The van der Waals surface area contributed by atoms with Gasteiger partial charge in [-0.2, -0.15) is 0 Å². The second-order valence-electron chi connectivity index (χ2n) is 8.48.